The van der Waals surface area contributed by atoms with Crippen molar-refractivity contribution in [2.24, 2.45) is 0 Å². The number of pyridine rings is 2. The van der Waals surface area contributed by atoms with E-state index in [0.29, 0.717) is 24.2 Å². The molecule has 1 N–H and O–H groups in total. The van der Waals surface area contributed by atoms with E-state index < -0.39 is 0 Å². The number of anilines is 3. The first-order valence-corrected chi connectivity index (χ1v) is 11.3. The molecule has 0 amide bonds. The molecule has 7 heteroatoms. The minimum atomic E-state index is 0.306. The molecule has 1 saturated heterocycles. The first kappa shape index (κ1) is 19.5. The van der Waals surface area contributed by atoms with Gasteiger partial charge in [-0.3, -0.25) is 4.98 Å². The van der Waals surface area contributed by atoms with E-state index in [1.165, 1.54) is 12.1 Å². The minimum absolute atomic E-state index is 0.306. The molecular formula is C24H23N5OS. The zero-order chi connectivity index (χ0) is 20.9. The molecule has 5 rings (SSSR count). The fraction of sp³-hybridized carbons (Fsp3) is 0.208. The molecule has 3 aromatic heterocycles. The van der Waals surface area contributed by atoms with Gasteiger partial charge in [0, 0.05) is 36.2 Å². The minimum Gasteiger partial charge on any atom is -0.485 e. The monoisotopic (exact) mass is 429 g/mol. The van der Waals surface area contributed by atoms with Crippen molar-refractivity contribution < 1.29 is 4.74 Å². The molecule has 0 saturated carbocycles. The first-order valence-electron chi connectivity index (χ1n) is 10.4. The van der Waals surface area contributed by atoms with Gasteiger partial charge in [0.2, 0.25) is 0 Å². The zero-order valence-electron chi connectivity index (χ0n) is 17.0. The fourth-order valence-electron chi connectivity index (χ4n) is 3.84. The van der Waals surface area contributed by atoms with E-state index in [9.17, 15) is 0 Å². The fourth-order valence-corrected chi connectivity index (χ4v) is 4.60. The summed E-state index contributed by atoms with van der Waals surface area (Å²) in [6, 6.07) is 18.6. The van der Waals surface area contributed by atoms with Gasteiger partial charge in [-0.25, -0.2) is 9.97 Å². The van der Waals surface area contributed by atoms with Crippen molar-refractivity contribution in [2.45, 2.75) is 25.5 Å². The lowest BCUT2D eigenvalue weighted by atomic mass is 10.1. The van der Waals surface area contributed by atoms with E-state index in [-0.39, 0.29) is 0 Å². The number of ether oxygens (including phenoxy) is 1. The summed E-state index contributed by atoms with van der Waals surface area (Å²) >= 11 is 1.60. The highest BCUT2D eigenvalue weighted by Gasteiger charge is 2.28. The Morgan fingerprint density at radius 1 is 1.03 bits per heavy atom. The SMILES string of the molecule is c1ccc(N2CCCC2c2csc(Nc3ncccc3OCc3ccncc3)n2)cc1. The number of para-hydroxylation sites is 1. The van der Waals surface area contributed by atoms with Crippen molar-refractivity contribution in [3.63, 3.8) is 0 Å². The molecule has 0 bridgehead atoms. The molecule has 156 valence electrons. The Morgan fingerprint density at radius 2 is 1.90 bits per heavy atom. The topological polar surface area (TPSA) is 63.2 Å². The number of hydrogen-bond donors (Lipinski definition) is 1. The van der Waals surface area contributed by atoms with Gasteiger partial charge in [0.1, 0.15) is 6.61 Å². The van der Waals surface area contributed by atoms with Crippen LogP contribution in [0.2, 0.25) is 0 Å². The van der Waals surface area contributed by atoms with Crippen LogP contribution < -0.4 is 15.0 Å². The van der Waals surface area contributed by atoms with Crippen LogP contribution in [-0.4, -0.2) is 21.5 Å². The Bertz CT molecular complexity index is 1120. The number of nitrogens with one attached hydrogen (secondary N) is 1. The quantitative estimate of drug-likeness (QED) is 0.413. The number of benzene rings is 1. The molecule has 1 aromatic carbocycles. The summed E-state index contributed by atoms with van der Waals surface area (Å²) < 4.78 is 5.99. The summed E-state index contributed by atoms with van der Waals surface area (Å²) in [4.78, 5) is 15.8. The highest BCUT2D eigenvalue weighted by Crippen LogP contribution is 2.37. The van der Waals surface area contributed by atoms with E-state index in [2.05, 4.69) is 55.9 Å². The van der Waals surface area contributed by atoms with Crippen LogP contribution in [0.15, 0.2) is 78.6 Å². The molecule has 0 aliphatic carbocycles. The van der Waals surface area contributed by atoms with Crippen LogP contribution >= 0.6 is 11.3 Å². The molecule has 31 heavy (non-hydrogen) atoms. The summed E-state index contributed by atoms with van der Waals surface area (Å²) in [5, 5.41) is 6.32. The van der Waals surface area contributed by atoms with Gasteiger partial charge in [0.25, 0.3) is 0 Å². The Hall–Kier alpha value is -3.45. The molecular weight excluding hydrogens is 406 g/mol. The molecule has 1 fully saturated rings. The largest absolute Gasteiger partial charge is 0.485 e. The zero-order valence-corrected chi connectivity index (χ0v) is 17.8. The van der Waals surface area contributed by atoms with E-state index in [1.54, 1.807) is 29.9 Å². The van der Waals surface area contributed by atoms with Gasteiger partial charge in [-0.05, 0) is 54.8 Å². The van der Waals surface area contributed by atoms with E-state index in [4.69, 9.17) is 9.72 Å². The Kier molecular flexibility index (Phi) is 5.75. The summed E-state index contributed by atoms with van der Waals surface area (Å²) in [5.74, 6) is 1.37. The Balaban J connectivity index is 1.30. The van der Waals surface area contributed by atoms with Crippen molar-refractivity contribution in [3.05, 3.63) is 89.8 Å². The summed E-state index contributed by atoms with van der Waals surface area (Å²) in [7, 11) is 0. The third-order valence-electron chi connectivity index (χ3n) is 5.34. The first-order chi connectivity index (χ1) is 15.4. The van der Waals surface area contributed by atoms with Gasteiger partial charge >= 0.3 is 0 Å². The number of nitrogens with zero attached hydrogens (tertiary/aromatic N) is 4. The van der Waals surface area contributed by atoms with Crippen molar-refractivity contribution in [3.8, 4) is 5.75 Å². The molecule has 1 atom stereocenters. The van der Waals surface area contributed by atoms with E-state index in [1.807, 2.05) is 24.3 Å². The number of aromatic nitrogens is 3. The maximum atomic E-state index is 5.99. The maximum absolute atomic E-state index is 5.99. The van der Waals surface area contributed by atoms with Crippen molar-refractivity contribution in [1.82, 2.24) is 15.0 Å². The molecule has 4 heterocycles. The van der Waals surface area contributed by atoms with E-state index in [0.717, 1.165) is 29.4 Å². The third-order valence-corrected chi connectivity index (χ3v) is 6.12. The third kappa shape index (κ3) is 4.51. The summed E-state index contributed by atoms with van der Waals surface area (Å²) in [5.41, 5.74) is 3.41. The maximum Gasteiger partial charge on any atom is 0.188 e. The lowest BCUT2D eigenvalue weighted by Crippen LogP contribution is -2.22. The van der Waals surface area contributed by atoms with Crippen LogP contribution in [0.25, 0.3) is 0 Å². The number of thiazole rings is 1. The van der Waals surface area contributed by atoms with Crippen LogP contribution in [0.4, 0.5) is 16.6 Å². The number of hydrogen-bond acceptors (Lipinski definition) is 7. The molecule has 4 aromatic rings. The molecule has 1 aliphatic rings. The second kappa shape index (κ2) is 9.14. The summed E-state index contributed by atoms with van der Waals surface area (Å²) in [6.07, 6.45) is 7.57. The lowest BCUT2D eigenvalue weighted by Gasteiger charge is -2.25. The van der Waals surface area contributed by atoms with Crippen LogP contribution in [0.1, 0.15) is 30.1 Å². The highest BCUT2D eigenvalue weighted by atomic mass is 32.1. The average Bonchev–Trinajstić information content (AvgIpc) is 3.49. The van der Waals surface area contributed by atoms with Gasteiger partial charge in [-0.2, -0.15) is 0 Å². The van der Waals surface area contributed by atoms with E-state index >= 15 is 0 Å². The molecule has 0 radical (unpaired) electrons. The second-order valence-electron chi connectivity index (χ2n) is 7.38. The van der Waals surface area contributed by atoms with Gasteiger partial charge in [-0.15, -0.1) is 11.3 Å². The van der Waals surface area contributed by atoms with Gasteiger partial charge in [0.05, 0.1) is 11.7 Å². The number of rotatable bonds is 7. The van der Waals surface area contributed by atoms with Crippen molar-refractivity contribution in [2.75, 3.05) is 16.8 Å². The van der Waals surface area contributed by atoms with Crippen LogP contribution in [0, 0.1) is 0 Å². The van der Waals surface area contributed by atoms with Gasteiger partial charge < -0.3 is 15.0 Å². The molecule has 1 aliphatic heterocycles. The predicted octanol–water partition coefficient (Wildman–Crippen LogP) is 5.60. The average molecular weight is 430 g/mol. The molecule has 6 nitrogen and oxygen atoms in total. The Labute approximate surface area is 185 Å². The second-order valence-corrected chi connectivity index (χ2v) is 8.24. The molecule has 1 unspecified atom stereocenters. The smallest absolute Gasteiger partial charge is 0.188 e. The van der Waals surface area contributed by atoms with Gasteiger partial charge in [-0.1, -0.05) is 18.2 Å². The Morgan fingerprint density at radius 3 is 2.77 bits per heavy atom. The summed E-state index contributed by atoms with van der Waals surface area (Å²) in [6.45, 7) is 1.52. The normalized spacial score (nSPS) is 15.7. The highest BCUT2D eigenvalue weighted by molar-refractivity contribution is 7.13. The van der Waals surface area contributed by atoms with Gasteiger partial charge in [0.15, 0.2) is 16.7 Å². The van der Waals surface area contributed by atoms with Crippen LogP contribution in [0.3, 0.4) is 0 Å². The predicted molar refractivity (Wildman–Crippen MR) is 124 cm³/mol. The van der Waals surface area contributed by atoms with Crippen LogP contribution in [0.5, 0.6) is 5.75 Å². The van der Waals surface area contributed by atoms with Crippen molar-refractivity contribution >= 4 is 28.0 Å². The van der Waals surface area contributed by atoms with Crippen LogP contribution in [-0.2, 0) is 6.61 Å². The van der Waals surface area contributed by atoms with Crippen molar-refractivity contribution in [1.29, 1.82) is 0 Å². The standard InChI is InChI=1S/C24H23N5OS/c1-2-6-19(7-3-1)29-15-5-8-21(29)20-17-31-24(27-20)28-23-22(9-4-12-26-23)30-16-18-10-13-25-14-11-18/h1-4,6-7,9-14,17,21H,5,8,15-16H2,(H,26,27,28). The lowest BCUT2D eigenvalue weighted by molar-refractivity contribution is 0.306. The molecule has 0 spiro atoms.